The van der Waals surface area contributed by atoms with Crippen LogP contribution in [0.2, 0.25) is 0 Å². The van der Waals surface area contributed by atoms with E-state index in [0.29, 0.717) is 31.1 Å². The van der Waals surface area contributed by atoms with Crippen molar-refractivity contribution >= 4 is 49.8 Å². The molecule has 0 spiro atoms. The van der Waals surface area contributed by atoms with E-state index in [2.05, 4.69) is 5.32 Å². The summed E-state index contributed by atoms with van der Waals surface area (Å²) in [4.78, 5) is 12.6. The molecule has 6 nitrogen and oxygen atoms in total. The summed E-state index contributed by atoms with van der Waals surface area (Å²) in [5, 5.41) is 3.98. The maximum absolute atomic E-state index is 12.8. The number of nitrogens with one attached hydrogen (secondary N) is 1. The van der Waals surface area contributed by atoms with Crippen LogP contribution in [-0.4, -0.2) is 51.0 Å². The van der Waals surface area contributed by atoms with Crippen LogP contribution in [0.25, 0.3) is 10.1 Å². The number of halogens is 1. The largest absolute Gasteiger partial charge is 0.462 e. The summed E-state index contributed by atoms with van der Waals surface area (Å²) in [7, 11) is -3.53. The van der Waals surface area contributed by atoms with Gasteiger partial charge in [-0.05, 0) is 43.5 Å². The van der Waals surface area contributed by atoms with E-state index in [1.807, 2.05) is 6.92 Å². The van der Waals surface area contributed by atoms with Crippen LogP contribution in [0.3, 0.4) is 0 Å². The Kier molecular flexibility index (Phi) is 6.45. The van der Waals surface area contributed by atoms with Gasteiger partial charge in [0.25, 0.3) is 0 Å². The van der Waals surface area contributed by atoms with Crippen molar-refractivity contribution in [1.82, 2.24) is 9.62 Å². The Morgan fingerprint density at radius 2 is 2.16 bits per heavy atom. The van der Waals surface area contributed by atoms with Crippen molar-refractivity contribution < 1.29 is 17.9 Å². The SMILES string of the molecule is CCOC(=O)c1cc2cc(S(=O)(=O)N3CCNC(C)C3)ccc2s1.Cl. The van der Waals surface area contributed by atoms with Gasteiger partial charge in [0.2, 0.25) is 10.0 Å². The van der Waals surface area contributed by atoms with Crippen LogP contribution < -0.4 is 5.32 Å². The number of rotatable bonds is 4. The molecular weight excluding hydrogens is 384 g/mol. The molecule has 1 N–H and O–H groups in total. The number of piperazine rings is 1. The molecule has 1 atom stereocenters. The molecule has 0 radical (unpaired) electrons. The molecule has 1 aromatic carbocycles. The van der Waals surface area contributed by atoms with E-state index in [4.69, 9.17) is 4.74 Å². The molecule has 2 aromatic rings. The second-order valence-electron chi connectivity index (χ2n) is 5.75. The number of fused-ring (bicyclic) bond motifs is 1. The van der Waals surface area contributed by atoms with E-state index in [1.54, 1.807) is 31.2 Å². The fourth-order valence-electron chi connectivity index (χ4n) is 2.75. The molecular formula is C16H21ClN2O4S2. The lowest BCUT2D eigenvalue weighted by molar-refractivity contribution is 0.0532. The highest BCUT2D eigenvalue weighted by atomic mass is 35.5. The van der Waals surface area contributed by atoms with E-state index in [1.165, 1.54) is 15.6 Å². The first kappa shape index (κ1) is 20.1. The first-order chi connectivity index (χ1) is 11.4. The number of hydrogen-bond acceptors (Lipinski definition) is 6. The van der Waals surface area contributed by atoms with Crippen LogP contribution in [0.5, 0.6) is 0 Å². The number of carbonyl (C=O) groups is 1. The van der Waals surface area contributed by atoms with Gasteiger partial charge in [-0.15, -0.1) is 23.7 Å². The minimum absolute atomic E-state index is 0. The first-order valence-electron chi connectivity index (χ1n) is 7.86. The van der Waals surface area contributed by atoms with Crippen molar-refractivity contribution in [1.29, 1.82) is 0 Å². The molecule has 0 aliphatic carbocycles. The smallest absolute Gasteiger partial charge is 0.348 e. The number of nitrogens with zero attached hydrogens (tertiary/aromatic N) is 1. The number of carbonyl (C=O) groups excluding carboxylic acids is 1. The van der Waals surface area contributed by atoms with Crippen LogP contribution in [-0.2, 0) is 14.8 Å². The quantitative estimate of drug-likeness (QED) is 0.792. The zero-order valence-electron chi connectivity index (χ0n) is 14.0. The van der Waals surface area contributed by atoms with Gasteiger partial charge in [-0.1, -0.05) is 0 Å². The molecule has 1 aliphatic heterocycles. The first-order valence-corrected chi connectivity index (χ1v) is 10.1. The lowest BCUT2D eigenvalue weighted by Crippen LogP contribution is -2.51. The highest BCUT2D eigenvalue weighted by molar-refractivity contribution is 7.89. The molecule has 25 heavy (non-hydrogen) atoms. The summed E-state index contributed by atoms with van der Waals surface area (Å²) < 4.78 is 33.0. The van der Waals surface area contributed by atoms with E-state index in [9.17, 15) is 13.2 Å². The number of esters is 1. The summed E-state index contributed by atoms with van der Waals surface area (Å²) in [6, 6.07) is 6.82. The van der Waals surface area contributed by atoms with Crippen LogP contribution >= 0.6 is 23.7 Å². The molecule has 1 saturated heterocycles. The molecule has 0 bridgehead atoms. The van der Waals surface area contributed by atoms with Gasteiger partial charge >= 0.3 is 5.97 Å². The average Bonchev–Trinajstić information content (AvgIpc) is 2.98. The Balaban J connectivity index is 0.00000225. The normalized spacial score (nSPS) is 18.7. The predicted octanol–water partition coefficient (Wildman–Crippen LogP) is 2.48. The van der Waals surface area contributed by atoms with E-state index < -0.39 is 10.0 Å². The molecule has 0 saturated carbocycles. The highest BCUT2D eigenvalue weighted by Crippen LogP contribution is 2.29. The molecule has 0 amide bonds. The molecule has 3 rings (SSSR count). The summed E-state index contributed by atoms with van der Waals surface area (Å²) in [5.74, 6) is -0.376. The van der Waals surface area contributed by atoms with Crippen molar-refractivity contribution in [2.75, 3.05) is 26.2 Å². The van der Waals surface area contributed by atoms with Gasteiger partial charge in [-0.25, -0.2) is 13.2 Å². The van der Waals surface area contributed by atoms with Crippen LogP contribution in [0.15, 0.2) is 29.2 Å². The lowest BCUT2D eigenvalue weighted by atomic mass is 10.2. The van der Waals surface area contributed by atoms with Gasteiger partial charge < -0.3 is 10.1 Å². The third-order valence-corrected chi connectivity index (χ3v) is 6.89. The van der Waals surface area contributed by atoms with Gasteiger partial charge in [0.15, 0.2) is 0 Å². The molecule has 1 fully saturated rings. The molecule has 9 heteroatoms. The molecule has 1 unspecified atom stereocenters. The maximum Gasteiger partial charge on any atom is 0.348 e. The van der Waals surface area contributed by atoms with Crippen LogP contribution in [0, 0.1) is 0 Å². The van der Waals surface area contributed by atoms with E-state index in [0.717, 1.165) is 10.1 Å². The summed E-state index contributed by atoms with van der Waals surface area (Å²) in [6.45, 7) is 5.60. The fraction of sp³-hybridized carbons (Fsp3) is 0.438. The van der Waals surface area contributed by atoms with Crippen molar-refractivity contribution in [3.05, 3.63) is 29.1 Å². The number of sulfonamides is 1. The van der Waals surface area contributed by atoms with Crippen molar-refractivity contribution in [3.8, 4) is 0 Å². The summed E-state index contributed by atoms with van der Waals surface area (Å²) >= 11 is 1.31. The Labute approximate surface area is 157 Å². The minimum atomic E-state index is -3.53. The molecule has 1 aliphatic rings. The monoisotopic (exact) mass is 404 g/mol. The Morgan fingerprint density at radius 1 is 1.40 bits per heavy atom. The van der Waals surface area contributed by atoms with Gasteiger partial charge in [0.05, 0.1) is 11.5 Å². The summed E-state index contributed by atoms with van der Waals surface area (Å²) in [6.07, 6.45) is 0. The van der Waals surface area contributed by atoms with Crippen molar-refractivity contribution in [2.45, 2.75) is 24.8 Å². The van der Waals surface area contributed by atoms with E-state index >= 15 is 0 Å². The molecule has 2 heterocycles. The predicted molar refractivity (Wildman–Crippen MR) is 101 cm³/mol. The number of ether oxygens (including phenoxy) is 1. The average molecular weight is 405 g/mol. The zero-order valence-corrected chi connectivity index (χ0v) is 16.5. The Hall–Kier alpha value is -1.19. The number of thiophene rings is 1. The van der Waals surface area contributed by atoms with Gasteiger partial charge in [0.1, 0.15) is 4.88 Å². The van der Waals surface area contributed by atoms with Crippen LogP contribution in [0.4, 0.5) is 0 Å². The van der Waals surface area contributed by atoms with Crippen molar-refractivity contribution in [2.24, 2.45) is 0 Å². The number of hydrogen-bond donors (Lipinski definition) is 1. The second-order valence-corrected chi connectivity index (χ2v) is 8.77. The van der Waals surface area contributed by atoms with Gasteiger partial charge in [0, 0.05) is 30.4 Å². The third kappa shape index (κ3) is 4.15. The standard InChI is InChI=1S/C16H20N2O4S2.ClH/c1-3-22-16(19)15-9-12-8-13(4-5-14(12)23-15)24(20,21)18-7-6-17-11(2)10-18;/h4-5,8-9,11,17H,3,6-7,10H2,1-2H3;1H. The number of benzene rings is 1. The third-order valence-electron chi connectivity index (χ3n) is 3.93. The van der Waals surface area contributed by atoms with Crippen molar-refractivity contribution in [3.63, 3.8) is 0 Å². The van der Waals surface area contributed by atoms with Crippen LogP contribution in [0.1, 0.15) is 23.5 Å². The molecule has 1 aromatic heterocycles. The topological polar surface area (TPSA) is 75.7 Å². The highest BCUT2D eigenvalue weighted by Gasteiger charge is 2.28. The van der Waals surface area contributed by atoms with Gasteiger partial charge in [-0.2, -0.15) is 4.31 Å². The van der Waals surface area contributed by atoms with Gasteiger partial charge in [-0.3, -0.25) is 0 Å². The molecule has 138 valence electrons. The zero-order chi connectivity index (χ0) is 17.3. The Morgan fingerprint density at radius 3 is 2.84 bits per heavy atom. The Bertz CT molecular complexity index is 866. The summed E-state index contributed by atoms with van der Waals surface area (Å²) in [5.41, 5.74) is 0. The lowest BCUT2D eigenvalue weighted by Gasteiger charge is -2.31. The maximum atomic E-state index is 12.8. The van der Waals surface area contributed by atoms with E-state index in [-0.39, 0.29) is 29.3 Å². The second kappa shape index (κ2) is 8.01. The minimum Gasteiger partial charge on any atom is -0.462 e. The fourth-order valence-corrected chi connectivity index (χ4v) is 5.25.